The molecular formula is C20H20N2O2S. The highest BCUT2D eigenvalue weighted by Crippen LogP contribution is 2.27. The molecule has 2 aromatic carbocycles. The van der Waals surface area contributed by atoms with E-state index in [1.807, 2.05) is 49.4 Å². The lowest BCUT2D eigenvalue weighted by molar-refractivity contribution is -0.115. The molecule has 0 unspecified atom stereocenters. The lowest BCUT2D eigenvalue weighted by Crippen LogP contribution is -2.22. The molecule has 3 rings (SSSR count). The number of thioether (sulfide) groups is 1. The number of nitrogens with one attached hydrogen (secondary N) is 1. The molecule has 25 heavy (non-hydrogen) atoms. The van der Waals surface area contributed by atoms with Gasteiger partial charge in [-0.05, 0) is 43.7 Å². The van der Waals surface area contributed by atoms with Gasteiger partial charge >= 0.3 is 0 Å². The number of carbonyl (C=O) groups excluding carboxylic acids is 1. The van der Waals surface area contributed by atoms with Crippen LogP contribution in [0, 0.1) is 6.92 Å². The smallest absolute Gasteiger partial charge is 0.237 e. The Morgan fingerprint density at radius 1 is 1.16 bits per heavy atom. The largest absolute Gasteiger partial charge is 0.497 e. The quantitative estimate of drug-likeness (QED) is 0.678. The van der Waals surface area contributed by atoms with Gasteiger partial charge < -0.3 is 10.1 Å². The molecule has 128 valence electrons. The number of rotatable bonds is 5. The molecule has 1 amide bonds. The van der Waals surface area contributed by atoms with E-state index < -0.39 is 0 Å². The molecule has 0 bridgehead atoms. The molecular weight excluding hydrogens is 332 g/mol. The molecule has 1 N–H and O–H groups in total. The van der Waals surface area contributed by atoms with Crippen LogP contribution in [0.5, 0.6) is 5.75 Å². The Kier molecular flexibility index (Phi) is 5.24. The number of para-hydroxylation sites is 1. The predicted molar refractivity (Wildman–Crippen MR) is 103 cm³/mol. The van der Waals surface area contributed by atoms with Gasteiger partial charge in [0.2, 0.25) is 5.91 Å². The zero-order valence-corrected chi connectivity index (χ0v) is 15.3. The first kappa shape index (κ1) is 17.3. The number of aryl methyl sites for hydroxylation is 1. The summed E-state index contributed by atoms with van der Waals surface area (Å²) in [5.41, 5.74) is 2.83. The fourth-order valence-corrected chi connectivity index (χ4v) is 3.48. The molecule has 0 aliphatic heterocycles. The van der Waals surface area contributed by atoms with Crippen molar-refractivity contribution < 1.29 is 9.53 Å². The van der Waals surface area contributed by atoms with Gasteiger partial charge in [0.05, 0.1) is 22.9 Å². The Balaban J connectivity index is 1.73. The topological polar surface area (TPSA) is 51.2 Å². The van der Waals surface area contributed by atoms with Gasteiger partial charge in [-0.2, -0.15) is 0 Å². The Morgan fingerprint density at radius 2 is 1.96 bits per heavy atom. The number of hydrogen-bond acceptors (Lipinski definition) is 4. The minimum absolute atomic E-state index is 0.0640. The Bertz CT molecular complexity index is 911. The number of carbonyl (C=O) groups is 1. The molecule has 0 saturated heterocycles. The molecule has 0 aliphatic rings. The van der Waals surface area contributed by atoms with Gasteiger partial charge in [0.15, 0.2) is 0 Å². The number of benzene rings is 2. The van der Waals surface area contributed by atoms with Gasteiger partial charge in [-0.3, -0.25) is 4.79 Å². The van der Waals surface area contributed by atoms with Crippen molar-refractivity contribution in [1.29, 1.82) is 0 Å². The number of nitrogens with zero attached hydrogens (tertiary/aromatic N) is 1. The number of methoxy groups -OCH3 is 1. The maximum atomic E-state index is 12.5. The standard InChI is InChI=1S/C20H20N2O2S/c1-13-11-19(22-18-10-5-4-9-17(13)18)25-14(2)20(23)21-15-7-6-8-16(12-15)24-3/h4-12,14H,1-3H3,(H,21,23)/t14-/m1/s1. The normalized spacial score (nSPS) is 12.0. The Morgan fingerprint density at radius 3 is 2.76 bits per heavy atom. The van der Waals surface area contributed by atoms with E-state index in [9.17, 15) is 4.79 Å². The van der Waals surface area contributed by atoms with Gasteiger partial charge in [0.25, 0.3) is 0 Å². The summed E-state index contributed by atoms with van der Waals surface area (Å²) >= 11 is 1.46. The first-order valence-corrected chi connectivity index (χ1v) is 8.93. The summed E-state index contributed by atoms with van der Waals surface area (Å²) < 4.78 is 5.18. The first-order chi connectivity index (χ1) is 12.1. The van der Waals surface area contributed by atoms with Crippen LogP contribution in [0.2, 0.25) is 0 Å². The summed E-state index contributed by atoms with van der Waals surface area (Å²) in [5.74, 6) is 0.649. The third-order valence-electron chi connectivity index (χ3n) is 3.90. The minimum Gasteiger partial charge on any atom is -0.497 e. The highest BCUT2D eigenvalue weighted by Gasteiger charge is 2.16. The van der Waals surface area contributed by atoms with Gasteiger partial charge in [-0.25, -0.2) is 4.98 Å². The monoisotopic (exact) mass is 352 g/mol. The number of pyridine rings is 1. The lowest BCUT2D eigenvalue weighted by atomic mass is 10.1. The van der Waals surface area contributed by atoms with Crippen LogP contribution in [-0.2, 0) is 4.79 Å². The Hall–Kier alpha value is -2.53. The summed E-state index contributed by atoms with van der Waals surface area (Å²) in [4.78, 5) is 17.1. The maximum absolute atomic E-state index is 12.5. The fourth-order valence-electron chi connectivity index (χ4n) is 2.56. The molecule has 0 aliphatic carbocycles. The second kappa shape index (κ2) is 7.57. The van der Waals surface area contributed by atoms with Crippen molar-refractivity contribution in [2.45, 2.75) is 24.1 Å². The highest BCUT2D eigenvalue weighted by molar-refractivity contribution is 8.00. The van der Waals surface area contributed by atoms with E-state index in [4.69, 9.17) is 4.74 Å². The van der Waals surface area contributed by atoms with E-state index in [1.54, 1.807) is 13.2 Å². The fraction of sp³-hybridized carbons (Fsp3) is 0.200. The summed E-state index contributed by atoms with van der Waals surface area (Å²) in [7, 11) is 1.60. The second-order valence-corrected chi connectivity index (χ2v) is 7.14. The summed E-state index contributed by atoms with van der Waals surface area (Å²) in [6.07, 6.45) is 0. The van der Waals surface area contributed by atoms with E-state index in [2.05, 4.69) is 23.3 Å². The van der Waals surface area contributed by atoms with E-state index in [-0.39, 0.29) is 11.2 Å². The van der Waals surface area contributed by atoms with Crippen LogP contribution in [0.25, 0.3) is 10.9 Å². The molecule has 3 aromatic rings. The first-order valence-electron chi connectivity index (χ1n) is 8.05. The average Bonchev–Trinajstić information content (AvgIpc) is 2.62. The maximum Gasteiger partial charge on any atom is 0.237 e. The van der Waals surface area contributed by atoms with Crippen LogP contribution in [0.4, 0.5) is 5.69 Å². The highest BCUT2D eigenvalue weighted by atomic mass is 32.2. The predicted octanol–water partition coefficient (Wildman–Crippen LogP) is 4.67. The van der Waals surface area contributed by atoms with Gasteiger partial charge in [0.1, 0.15) is 5.75 Å². The van der Waals surface area contributed by atoms with Crippen molar-refractivity contribution in [1.82, 2.24) is 4.98 Å². The third-order valence-corrected chi connectivity index (χ3v) is 4.92. The number of amides is 1. The van der Waals surface area contributed by atoms with Crippen LogP contribution in [-0.4, -0.2) is 23.3 Å². The van der Waals surface area contributed by atoms with Gasteiger partial charge in [-0.15, -0.1) is 0 Å². The summed E-state index contributed by atoms with van der Waals surface area (Å²) in [6.45, 7) is 3.95. The number of anilines is 1. The van der Waals surface area contributed by atoms with Crippen LogP contribution in [0.1, 0.15) is 12.5 Å². The molecule has 0 fully saturated rings. The Labute approximate surface area is 151 Å². The molecule has 0 radical (unpaired) electrons. The minimum atomic E-state index is -0.265. The van der Waals surface area contributed by atoms with Crippen molar-refractivity contribution >= 4 is 34.3 Å². The van der Waals surface area contributed by atoms with Crippen molar-refractivity contribution in [2.24, 2.45) is 0 Å². The van der Waals surface area contributed by atoms with Crippen molar-refractivity contribution in [3.8, 4) is 5.75 Å². The zero-order valence-electron chi connectivity index (χ0n) is 14.4. The van der Waals surface area contributed by atoms with Crippen molar-refractivity contribution in [3.05, 3.63) is 60.2 Å². The molecule has 5 heteroatoms. The van der Waals surface area contributed by atoms with Crippen molar-refractivity contribution in [2.75, 3.05) is 12.4 Å². The van der Waals surface area contributed by atoms with Crippen molar-refractivity contribution in [3.63, 3.8) is 0 Å². The molecule has 1 atom stereocenters. The number of hydrogen-bond donors (Lipinski definition) is 1. The van der Waals surface area contributed by atoms with Crippen LogP contribution >= 0.6 is 11.8 Å². The zero-order chi connectivity index (χ0) is 17.8. The summed E-state index contributed by atoms with van der Waals surface area (Å²) in [5, 5.41) is 4.65. The molecule has 1 heterocycles. The SMILES string of the molecule is COc1cccc(NC(=O)[C@@H](C)Sc2cc(C)c3ccccc3n2)c1. The van der Waals surface area contributed by atoms with E-state index in [1.165, 1.54) is 11.8 Å². The van der Waals surface area contributed by atoms with Gasteiger partial charge in [-0.1, -0.05) is 36.0 Å². The van der Waals surface area contributed by atoms with Crippen LogP contribution in [0.3, 0.4) is 0 Å². The molecule has 1 aromatic heterocycles. The number of ether oxygens (including phenoxy) is 1. The van der Waals surface area contributed by atoms with E-state index >= 15 is 0 Å². The molecule has 0 saturated carbocycles. The molecule has 0 spiro atoms. The van der Waals surface area contributed by atoms with Gasteiger partial charge in [0, 0.05) is 17.1 Å². The lowest BCUT2D eigenvalue weighted by Gasteiger charge is -2.13. The third kappa shape index (κ3) is 4.12. The number of aromatic nitrogens is 1. The molecule has 4 nitrogen and oxygen atoms in total. The van der Waals surface area contributed by atoms with E-state index in [0.29, 0.717) is 5.75 Å². The van der Waals surface area contributed by atoms with Crippen LogP contribution < -0.4 is 10.1 Å². The summed E-state index contributed by atoms with van der Waals surface area (Å²) in [6, 6.07) is 17.4. The van der Waals surface area contributed by atoms with Crippen LogP contribution in [0.15, 0.2) is 59.6 Å². The number of fused-ring (bicyclic) bond motifs is 1. The average molecular weight is 352 g/mol. The second-order valence-electron chi connectivity index (χ2n) is 5.78. The van der Waals surface area contributed by atoms with E-state index in [0.717, 1.165) is 27.2 Å².